The van der Waals surface area contributed by atoms with Gasteiger partial charge in [0.1, 0.15) is 3.70 Å². The fraction of sp³-hybridized carbons (Fsp3) is 0.235. The molecule has 24 heavy (non-hydrogen) atoms. The van der Waals surface area contributed by atoms with E-state index in [4.69, 9.17) is 0 Å². The van der Waals surface area contributed by atoms with Crippen LogP contribution in [0.1, 0.15) is 11.3 Å². The summed E-state index contributed by atoms with van der Waals surface area (Å²) < 4.78 is 27.1. The Bertz CT molecular complexity index is 1040. The summed E-state index contributed by atoms with van der Waals surface area (Å²) in [6, 6.07) is 10.0. The van der Waals surface area contributed by atoms with E-state index in [2.05, 4.69) is 37.5 Å². The molecule has 124 valence electrons. The fourth-order valence-electron chi connectivity index (χ4n) is 3.29. The molecule has 0 amide bonds. The highest BCUT2D eigenvalue weighted by Crippen LogP contribution is 2.33. The van der Waals surface area contributed by atoms with Gasteiger partial charge in [0.15, 0.2) is 9.84 Å². The van der Waals surface area contributed by atoms with Crippen molar-refractivity contribution < 1.29 is 8.42 Å². The molecule has 3 heterocycles. The molecule has 2 aromatic heterocycles. The monoisotopic (exact) mass is 453 g/mol. The van der Waals surface area contributed by atoms with Crippen molar-refractivity contribution in [1.29, 1.82) is 0 Å². The zero-order chi connectivity index (χ0) is 16.9. The van der Waals surface area contributed by atoms with Crippen LogP contribution < -0.4 is 5.32 Å². The van der Waals surface area contributed by atoms with E-state index in [1.54, 1.807) is 6.20 Å². The molecule has 7 heteroatoms. The third kappa shape index (κ3) is 2.79. The topological polar surface area (TPSA) is 64.0 Å². The minimum atomic E-state index is -3.00. The largest absolute Gasteiger partial charge is 0.354 e. The van der Waals surface area contributed by atoms with Crippen LogP contribution in [0, 0.1) is 3.70 Å². The Balaban J connectivity index is 1.79. The van der Waals surface area contributed by atoms with Gasteiger partial charge in [-0.15, -0.1) is 0 Å². The number of nitrogens with one attached hydrogen (secondary N) is 1. The van der Waals surface area contributed by atoms with Crippen LogP contribution in [0.3, 0.4) is 0 Å². The van der Waals surface area contributed by atoms with Gasteiger partial charge in [0, 0.05) is 35.8 Å². The summed E-state index contributed by atoms with van der Waals surface area (Å²) in [4.78, 5) is 4.27. The number of hydrogen-bond donors (Lipinski definition) is 1. The van der Waals surface area contributed by atoms with Gasteiger partial charge in [-0.25, -0.2) is 13.4 Å². The third-order valence-corrected chi connectivity index (χ3v) is 6.66. The van der Waals surface area contributed by atoms with Crippen LogP contribution in [0.4, 0.5) is 11.4 Å². The SMILES string of the molecule is Cn1c2c(c3cc(Nc4ccc(I)nc4)ccc31)CS(=O)(=O)CC2. The number of nitrogens with zero attached hydrogens (tertiary/aromatic N) is 2. The highest BCUT2D eigenvalue weighted by Gasteiger charge is 2.26. The number of fused-ring (bicyclic) bond motifs is 3. The van der Waals surface area contributed by atoms with E-state index in [-0.39, 0.29) is 11.5 Å². The zero-order valence-corrected chi connectivity index (χ0v) is 16.1. The van der Waals surface area contributed by atoms with Crippen LogP contribution in [0.2, 0.25) is 0 Å². The van der Waals surface area contributed by atoms with Gasteiger partial charge < -0.3 is 9.88 Å². The summed E-state index contributed by atoms with van der Waals surface area (Å²) in [5, 5.41) is 4.35. The molecule has 3 aromatic rings. The zero-order valence-electron chi connectivity index (χ0n) is 13.1. The quantitative estimate of drug-likeness (QED) is 0.478. The molecule has 0 saturated heterocycles. The van der Waals surface area contributed by atoms with Crippen molar-refractivity contribution in [3.63, 3.8) is 0 Å². The molecule has 0 radical (unpaired) electrons. The molecular weight excluding hydrogens is 437 g/mol. The summed E-state index contributed by atoms with van der Waals surface area (Å²) in [6.45, 7) is 0. The molecule has 0 unspecified atom stereocenters. The summed E-state index contributed by atoms with van der Waals surface area (Å²) >= 11 is 2.17. The van der Waals surface area contributed by atoms with Crippen LogP contribution >= 0.6 is 22.6 Å². The average molecular weight is 453 g/mol. The Morgan fingerprint density at radius 2 is 2.00 bits per heavy atom. The molecule has 0 spiro atoms. The van der Waals surface area contributed by atoms with E-state index >= 15 is 0 Å². The molecule has 5 nitrogen and oxygen atoms in total. The maximum absolute atomic E-state index is 12.0. The van der Waals surface area contributed by atoms with Gasteiger partial charge in [-0.3, -0.25) is 0 Å². The van der Waals surface area contributed by atoms with Crippen LogP contribution in [0.5, 0.6) is 0 Å². The maximum Gasteiger partial charge on any atom is 0.154 e. The Morgan fingerprint density at radius 1 is 1.21 bits per heavy atom. The van der Waals surface area contributed by atoms with Crippen LogP contribution in [-0.2, 0) is 29.1 Å². The smallest absolute Gasteiger partial charge is 0.154 e. The average Bonchev–Trinajstić information content (AvgIpc) is 2.81. The molecule has 0 fully saturated rings. The second kappa shape index (κ2) is 5.73. The van der Waals surface area contributed by atoms with Crippen molar-refractivity contribution in [2.24, 2.45) is 7.05 Å². The number of pyridine rings is 1. The number of aryl methyl sites for hydroxylation is 1. The van der Waals surface area contributed by atoms with Crippen molar-refractivity contribution in [2.75, 3.05) is 11.1 Å². The van der Waals surface area contributed by atoms with E-state index in [1.807, 2.05) is 37.4 Å². The molecule has 4 rings (SSSR count). The van der Waals surface area contributed by atoms with E-state index in [9.17, 15) is 8.42 Å². The van der Waals surface area contributed by atoms with Crippen LogP contribution in [-0.4, -0.2) is 23.7 Å². The summed E-state index contributed by atoms with van der Waals surface area (Å²) in [5.41, 5.74) is 4.99. The number of anilines is 2. The fourth-order valence-corrected chi connectivity index (χ4v) is 5.02. The number of sulfone groups is 1. The van der Waals surface area contributed by atoms with E-state index in [0.29, 0.717) is 6.42 Å². The second-order valence-electron chi connectivity index (χ2n) is 6.05. The number of aromatic nitrogens is 2. The van der Waals surface area contributed by atoms with Crippen molar-refractivity contribution >= 4 is 54.7 Å². The Hall–Kier alpha value is -1.61. The van der Waals surface area contributed by atoms with Gasteiger partial charge in [-0.05, 0) is 58.5 Å². The summed E-state index contributed by atoms with van der Waals surface area (Å²) in [7, 11) is -0.986. The lowest BCUT2D eigenvalue weighted by molar-refractivity contribution is 0.590. The number of benzene rings is 1. The van der Waals surface area contributed by atoms with Crippen LogP contribution in [0.15, 0.2) is 36.5 Å². The van der Waals surface area contributed by atoms with Gasteiger partial charge in [0.25, 0.3) is 0 Å². The molecule has 0 atom stereocenters. The lowest BCUT2D eigenvalue weighted by atomic mass is 10.1. The number of hydrogen-bond acceptors (Lipinski definition) is 4. The molecular formula is C17H16IN3O2S. The second-order valence-corrected chi connectivity index (χ2v) is 9.34. The lowest BCUT2D eigenvalue weighted by Gasteiger charge is -2.14. The van der Waals surface area contributed by atoms with Crippen molar-refractivity contribution in [3.05, 3.63) is 51.5 Å². The minimum absolute atomic E-state index is 0.133. The van der Waals surface area contributed by atoms with E-state index in [0.717, 1.165) is 37.2 Å². The number of halogens is 1. The molecule has 0 bridgehead atoms. The first kappa shape index (κ1) is 15.9. The van der Waals surface area contributed by atoms with Crippen molar-refractivity contribution in [3.8, 4) is 0 Å². The van der Waals surface area contributed by atoms with Crippen molar-refractivity contribution in [2.45, 2.75) is 12.2 Å². The van der Waals surface area contributed by atoms with Crippen LogP contribution in [0.25, 0.3) is 10.9 Å². The molecule has 1 aliphatic rings. The third-order valence-electron chi connectivity index (χ3n) is 4.47. The van der Waals surface area contributed by atoms with Gasteiger partial charge in [-0.1, -0.05) is 0 Å². The highest BCUT2D eigenvalue weighted by molar-refractivity contribution is 14.1. The first-order chi connectivity index (χ1) is 11.4. The van der Waals surface area contributed by atoms with Gasteiger partial charge >= 0.3 is 0 Å². The maximum atomic E-state index is 12.0. The van der Waals surface area contributed by atoms with E-state index < -0.39 is 9.84 Å². The Morgan fingerprint density at radius 3 is 2.75 bits per heavy atom. The molecule has 1 N–H and O–H groups in total. The predicted octanol–water partition coefficient (Wildman–Crippen LogP) is 3.39. The summed E-state index contributed by atoms with van der Waals surface area (Å²) in [5.74, 6) is 0.373. The lowest BCUT2D eigenvalue weighted by Crippen LogP contribution is -2.19. The van der Waals surface area contributed by atoms with Crippen molar-refractivity contribution in [1.82, 2.24) is 9.55 Å². The molecule has 1 aliphatic heterocycles. The van der Waals surface area contributed by atoms with Gasteiger partial charge in [-0.2, -0.15) is 0 Å². The number of rotatable bonds is 2. The first-order valence-electron chi connectivity index (χ1n) is 7.62. The molecule has 0 saturated carbocycles. The predicted molar refractivity (Wildman–Crippen MR) is 104 cm³/mol. The molecule has 0 aliphatic carbocycles. The highest BCUT2D eigenvalue weighted by atomic mass is 127. The van der Waals surface area contributed by atoms with Gasteiger partial charge in [0.2, 0.25) is 0 Å². The summed E-state index contributed by atoms with van der Waals surface area (Å²) in [6.07, 6.45) is 2.38. The Labute approximate surface area is 154 Å². The first-order valence-corrected chi connectivity index (χ1v) is 10.5. The Kier molecular flexibility index (Phi) is 3.80. The van der Waals surface area contributed by atoms with Gasteiger partial charge in [0.05, 0.1) is 23.4 Å². The standard InChI is InChI=1S/C17H16IN3O2S/c1-21-15-4-2-11(20-12-3-5-17(18)19-9-12)8-13(15)14-10-24(22,23)7-6-16(14)21/h2-5,8-9,20H,6-7,10H2,1H3. The minimum Gasteiger partial charge on any atom is -0.354 e. The normalized spacial score (nSPS) is 16.1. The van der Waals surface area contributed by atoms with E-state index in [1.165, 1.54) is 0 Å². The molecule has 1 aromatic carbocycles.